The zero-order valence-electron chi connectivity index (χ0n) is 16.2. The van der Waals surface area contributed by atoms with E-state index in [1.54, 1.807) is 0 Å². The van der Waals surface area contributed by atoms with Gasteiger partial charge in [0.2, 0.25) is 0 Å². The summed E-state index contributed by atoms with van der Waals surface area (Å²) in [6.07, 6.45) is 0. The van der Waals surface area contributed by atoms with Gasteiger partial charge < -0.3 is 51.7 Å². The fourth-order valence-corrected chi connectivity index (χ4v) is 0. The van der Waals surface area contributed by atoms with Crippen LogP contribution in [-0.2, 0) is 9.13 Å². The summed E-state index contributed by atoms with van der Waals surface area (Å²) in [5, 5.41) is 0. The maximum Gasteiger partial charge on any atom is 2.00 e. The maximum absolute atomic E-state index is 8.88. The van der Waals surface area contributed by atoms with Crippen molar-refractivity contribution in [2.75, 3.05) is 0 Å². The second-order valence-corrected chi connectivity index (χ2v) is 3.08. The molecule has 10 N–H and O–H groups in total. The van der Waals surface area contributed by atoms with Crippen molar-refractivity contribution in [1.29, 1.82) is 0 Å². The van der Waals surface area contributed by atoms with Crippen molar-refractivity contribution in [2.45, 2.75) is 0 Å². The molecule has 0 spiro atoms. The third kappa shape index (κ3) is 236. The van der Waals surface area contributed by atoms with Crippen LogP contribution in [0, 0.1) is 0 Å². The average molecular weight is 400 g/mol. The maximum atomic E-state index is 8.88. The van der Waals surface area contributed by atoms with E-state index < -0.39 is 15.6 Å². The van der Waals surface area contributed by atoms with Crippen LogP contribution in [0.1, 0.15) is 11.4 Å². The molecule has 16 heteroatoms. The smallest absolute Gasteiger partial charge is 1.00 e. The molecule has 0 aromatic rings. The molecule has 0 fully saturated rings. The van der Waals surface area contributed by atoms with Crippen LogP contribution in [0.25, 0.3) is 0 Å². The zero-order valence-corrected chi connectivity index (χ0v) is 18.8. The van der Waals surface area contributed by atoms with Crippen molar-refractivity contribution in [2.24, 2.45) is 0 Å². The molecule has 0 bridgehead atoms. The molecular weight excluding hydrogens is 382 g/mol. The largest absolute Gasteiger partial charge is 2.00 e. The summed E-state index contributed by atoms with van der Waals surface area (Å²) < 4.78 is 17.8. The molecule has 0 heterocycles. The van der Waals surface area contributed by atoms with Crippen molar-refractivity contribution in [3.8, 4) is 0 Å². The molecule has 0 rings (SSSR count). The van der Waals surface area contributed by atoms with Crippen molar-refractivity contribution in [3.63, 3.8) is 0 Å². The van der Waals surface area contributed by atoms with E-state index in [0.717, 1.165) is 0 Å². The van der Waals surface area contributed by atoms with E-state index in [9.17, 15) is 0 Å². The van der Waals surface area contributed by atoms with Gasteiger partial charge in [0, 0.05) is 0 Å². The first-order chi connectivity index (χ1) is 4.00. The Morgan fingerprint density at radius 1 is 0.562 bits per heavy atom. The zero-order chi connectivity index (χ0) is 9.00. The van der Waals surface area contributed by atoms with E-state index in [0.29, 0.717) is 0 Å². The van der Waals surface area contributed by atoms with Gasteiger partial charge in [-0.2, -0.15) is 0 Å². The Kier molecular flexibility index (Phi) is 78.1. The minimum atomic E-state index is -4.64. The second kappa shape index (κ2) is 25.2. The molecule has 0 aliphatic rings. The topological polar surface area (TPSA) is 219 Å². The second-order valence-electron chi connectivity index (χ2n) is 1.03. The van der Waals surface area contributed by atoms with Gasteiger partial charge in [0.1, 0.15) is 0 Å². The summed E-state index contributed by atoms with van der Waals surface area (Å²) in [6.45, 7) is 0. The van der Waals surface area contributed by atoms with Crippen LogP contribution in [0.15, 0.2) is 0 Å². The Balaban J connectivity index is -0.00000000241. The molecule has 0 aromatic heterocycles. The fourth-order valence-electron chi connectivity index (χ4n) is 0. The Labute approximate surface area is 223 Å². The molecule has 0 unspecified atom stereocenters. The average Bonchev–Trinajstić information content (AvgIpc) is 1.12. The van der Waals surface area contributed by atoms with Gasteiger partial charge in [-0.05, 0) is 0 Å². The van der Waals surface area contributed by atoms with Crippen LogP contribution in [0.5, 0.6) is 0 Å². The minimum absolute atomic E-state index is 0. The Bertz CT molecular complexity index is 155. The molecule has 0 aromatic carbocycles. The summed E-state index contributed by atoms with van der Waals surface area (Å²) in [6, 6.07) is 0. The molecule has 96 valence electrons. The third-order valence-electron chi connectivity index (χ3n) is 0. The predicted molar refractivity (Wildman–Crippen MR) is 67.7 cm³/mol. The number of rotatable bonds is 0. The summed E-state index contributed by atoms with van der Waals surface area (Å²) in [4.78, 5) is 43.1. The van der Waals surface area contributed by atoms with Crippen LogP contribution in [0.3, 0.4) is 0 Å². The van der Waals surface area contributed by atoms with Crippen molar-refractivity contribution in [3.05, 3.63) is 0 Å². The van der Waals surface area contributed by atoms with E-state index in [4.69, 9.17) is 38.5 Å². The summed E-state index contributed by atoms with van der Waals surface area (Å²) in [5.74, 6) is 0. The monoisotopic (exact) mass is 400 g/mol. The van der Waals surface area contributed by atoms with E-state index in [1.165, 1.54) is 0 Å². The van der Waals surface area contributed by atoms with Gasteiger partial charge in [-0.3, -0.25) is 0 Å². The molecule has 0 saturated carbocycles. The quantitative estimate of drug-likeness (QED) is 0.173. The van der Waals surface area contributed by atoms with Crippen molar-refractivity contribution < 1.29 is 60.9 Å². The first-order valence-electron chi connectivity index (χ1n) is 1.57. The molecule has 0 radical (unpaired) electrons. The van der Waals surface area contributed by atoms with E-state index >= 15 is 0 Å². The van der Waals surface area contributed by atoms with Crippen molar-refractivity contribution in [1.82, 2.24) is 0 Å². The van der Waals surface area contributed by atoms with Crippen LogP contribution < -0.4 is 0 Å². The van der Waals surface area contributed by atoms with Crippen LogP contribution in [0.4, 0.5) is 0 Å². The molecule has 0 saturated heterocycles. The van der Waals surface area contributed by atoms with Crippen LogP contribution in [-0.4, -0.2) is 191 Å². The van der Waals surface area contributed by atoms with Crippen LogP contribution in [0.2, 0.25) is 0 Å². The predicted octanol–water partition coefficient (Wildman–Crippen LogP) is -4.13. The molecule has 10 nitrogen and oxygen atoms in total. The van der Waals surface area contributed by atoms with E-state index in [-0.39, 0.29) is 173 Å². The van der Waals surface area contributed by atoms with E-state index in [2.05, 4.69) is 0 Å². The van der Waals surface area contributed by atoms with Gasteiger partial charge in [-0.1, -0.05) is 0 Å². The Morgan fingerprint density at radius 3 is 0.562 bits per heavy atom. The number of hydrogen-bond donors (Lipinski definition) is 6. The fraction of sp³-hybridized carbons (Fsp3) is 0. The molecular formula is H18Ca4O10P2. The standard InChI is InChI=1S/4Ca.2H3O4P.2H2O.8H/c;;;;2*1-5(2,3)4;;;;;;;;;;/h;;;;2*(H3,1,2,3,4);2*1H2;;;;;;;;/q4*+2;;;;;8*-1. The van der Waals surface area contributed by atoms with Gasteiger partial charge >= 0.3 is 167 Å². The summed E-state index contributed by atoms with van der Waals surface area (Å²) in [5.41, 5.74) is 0. The SMILES string of the molecule is O.O.O=P(O)(O)O.O=P(O)(O)O.[Ca+2].[Ca+2].[Ca+2].[Ca+2].[H-].[H-].[H-].[H-].[H-].[H-].[H-].[H-]. The van der Waals surface area contributed by atoms with Crippen LogP contribution >= 0.6 is 15.6 Å². The van der Waals surface area contributed by atoms with Gasteiger partial charge in [0.05, 0.1) is 0 Å². The minimum Gasteiger partial charge on any atom is -1.00 e. The third-order valence-corrected chi connectivity index (χ3v) is 0. The summed E-state index contributed by atoms with van der Waals surface area (Å²) in [7, 11) is -9.28. The van der Waals surface area contributed by atoms with Gasteiger partial charge in [-0.15, -0.1) is 0 Å². The molecule has 0 aliphatic heterocycles. The molecule has 0 aliphatic carbocycles. The first kappa shape index (κ1) is 49.7. The normalized spacial score (nSPS) is 7.38. The van der Waals surface area contributed by atoms with Gasteiger partial charge in [0.25, 0.3) is 0 Å². The number of phosphoric acid groups is 2. The molecule has 16 heavy (non-hydrogen) atoms. The Morgan fingerprint density at radius 2 is 0.562 bits per heavy atom. The summed E-state index contributed by atoms with van der Waals surface area (Å²) >= 11 is 0. The van der Waals surface area contributed by atoms with Crippen molar-refractivity contribution >= 4 is 167 Å². The first-order valence-corrected chi connectivity index (χ1v) is 4.70. The number of hydrogen-bond acceptors (Lipinski definition) is 2. The van der Waals surface area contributed by atoms with Gasteiger partial charge in [0.15, 0.2) is 0 Å². The Hall–Kier alpha value is 5.18. The van der Waals surface area contributed by atoms with Gasteiger partial charge in [-0.25, -0.2) is 9.13 Å². The molecule has 0 amide bonds. The van der Waals surface area contributed by atoms with E-state index in [1.807, 2.05) is 0 Å². The molecule has 0 atom stereocenters.